The second-order valence-corrected chi connectivity index (χ2v) is 15.5. The summed E-state index contributed by atoms with van der Waals surface area (Å²) in [4.78, 5) is 14.2. The van der Waals surface area contributed by atoms with Gasteiger partial charge in [-0.3, -0.25) is 4.79 Å². The van der Waals surface area contributed by atoms with Crippen LogP contribution < -0.4 is 5.32 Å². The van der Waals surface area contributed by atoms with Gasteiger partial charge in [0.25, 0.3) is 0 Å². The molecule has 45 heavy (non-hydrogen) atoms. The Morgan fingerprint density at radius 3 is 2.27 bits per heavy atom. The van der Waals surface area contributed by atoms with E-state index in [1.165, 1.54) is 4.31 Å². The number of sulfonamides is 1. The van der Waals surface area contributed by atoms with Gasteiger partial charge in [0.2, 0.25) is 15.9 Å². The number of nitrogens with one attached hydrogen (secondary N) is 1. The summed E-state index contributed by atoms with van der Waals surface area (Å²) in [7, 11) is -7.48. The number of rotatable bonds is 8. The number of amides is 1. The second-order valence-electron chi connectivity index (χ2n) is 11.6. The lowest BCUT2D eigenvalue weighted by Crippen LogP contribution is -2.52. The SMILES string of the molecule is Cc1cc(C)c(S(=O)(=O)N2Cc3ccc(-c4cccc(S(C)(=O)=O)c4)cc3CC2C(=O)NCCc2cccc(C#N)c2)c(C)c1. The summed E-state index contributed by atoms with van der Waals surface area (Å²) in [5.41, 5.74) is 6.70. The van der Waals surface area contributed by atoms with Crippen LogP contribution in [0, 0.1) is 32.1 Å². The third-order valence-corrected chi connectivity index (χ3v) is 11.4. The number of sulfone groups is 1. The van der Waals surface area contributed by atoms with E-state index in [4.69, 9.17) is 0 Å². The zero-order valence-electron chi connectivity index (χ0n) is 25.7. The molecule has 0 radical (unpaired) electrons. The number of hydrogen-bond acceptors (Lipinski definition) is 6. The van der Waals surface area contributed by atoms with Crippen molar-refractivity contribution in [3.63, 3.8) is 0 Å². The first-order valence-corrected chi connectivity index (χ1v) is 17.9. The van der Waals surface area contributed by atoms with Gasteiger partial charge in [0.15, 0.2) is 9.84 Å². The Balaban J connectivity index is 1.50. The van der Waals surface area contributed by atoms with Crippen molar-refractivity contribution >= 4 is 25.8 Å². The first-order valence-electron chi connectivity index (χ1n) is 14.6. The van der Waals surface area contributed by atoms with Gasteiger partial charge in [0.1, 0.15) is 6.04 Å². The van der Waals surface area contributed by atoms with E-state index in [1.54, 1.807) is 50.2 Å². The average molecular weight is 642 g/mol. The Hall–Kier alpha value is -4.30. The Kier molecular flexibility index (Phi) is 8.99. The summed E-state index contributed by atoms with van der Waals surface area (Å²) in [6.45, 7) is 5.74. The molecule has 0 fully saturated rings. The molecule has 1 atom stereocenters. The summed E-state index contributed by atoms with van der Waals surface area (Å²) < 4.78 is 54.3. The van der Waals surface area contributed by atoms with Crippen LogP contribution in [0.5, 0.6) is 0 Å². The second kappa shape index (κ2) is 12.6. The first kappa shape index (κ1) is 32.1. The molecule has 0 saturated carbocycles. The number of nitrogens with zero attached hydrogens (tertiary/aromatic N) is 2. The van der Waals surface area contributed by atoms with Gasteiger partial charge in [-0.05, 0) is 96.8 Å². The summed E-state index contributed by atoms with van der Waals surface area (Å²) in [6, 6.07) is 24.2. The fraction of sp³-hybridized carbons (Fsp3) is 0.257. The fourth-order valence-electron chi connectivity index (χ4n) is 6.06. The van der Waals surface area contributed by atoms with Crippen LogP contribution in [0.1, 0.15) is 38.9 Å². The van der Waals surface area contributed by atoms with Crippen LogP contribution in [0.15, 0.2) is 88.7 Å². The molecule has 4 aromatic carbocycles. The molecule has 10 heteroatoms. The maximum absolute atomic E-state index is 14.3. The van der Waals surface area contributed by atoms with Crippen molar-refractivity contribution in [3.8, 4) is 17.2 Å². The summed E-state index contributed by atoms with van der Waals surface area (Å²) in [6.07, 6.45) is 1.79. The molecule has 1 unspecified atom stereocenters. The van der Waals surface area contributed by atoms with E-state index in [1.807, 2.05) is 49.4 Å². The number of nitriles is 1. The van der Waals surface area contributed by atoms with Gasteiger partial charge in [0, 0.05) is 19.3 Å². The standard InChI is InChI=1S/C35H35N3O5S2/c1-23-15-24(2)34(25(3)16-23)45(42,43)38-22-30-12-11-29(28-9-6-10-32(19-28)44(4,40)41)18-31(30)20-33(38)35(39)37-14-13-26-7-5-8-27(17-26)21-36/h5-12,15-19,33H,13-14,20,22H2,1-4H3,(H,37,39). The summed E-state index contributed by atoms with van der Waals surface area (Å²) in [5, 5.41) is 12.1. The predicted molar refractivity (Wildman–Crippen MR) is 174 cm³/mol. The highest BCUT2D eigenvalue weighted by Gasteiger charge is 2.40. The van der Waals surface area contributed by atoms with E-state index in [9.17, 15) is 26.9 Å². The van der Waals surface area contributed by atoms with Gasteiger partial charge in [-0.1, -0.05) is 60.2 Å². The number of carbonyl (C=O) groups is 1. The minimum atomic E-state index is -4.08. The van der Waals surface area contributed by atoms with Gasteiger partial charge < -0.3 is 5.32 Å². The lowest BCUT2D eigenvalue weighted by atomic mass is 9.91. The topological polar surface area (TPSA) is 124 Å². The number of hydrogen-bond donors (Lipinski definition) is 1. The monoisotopic (exact) mass is 641 g/mol. The molecule has 0 aliphatic carbocycles. The van der Waals surface area contributed by atoms with Crippen molar-refractivity contribution in [2.75, 3.05) is 12.8 Å². The van der Waals surface area contributed by atoms with Gasteiger partial charge in [-0.25, -0.2) is 16.8 Å². The van der Waals surface area contributed by atoms with Gasteiger partial charge in [-0.15, -0.1) is 0 Å². The minimum Gasteiger partial charge on any atom is -0.354 e. The summed E-state index contributed by atoms with van der Waals surface area (Å²) >= 11 is 0. The third kappa shape index (κ3) is 6.86. The zero-order chi connectivity index (χ0) is 32.5. The van der Waals surface area contributed by atoms with E-state index in [0.29, 0.717) is 28.7 Å². The van der Waals surface area contributed by atoms with Crippen LogP contribution in [0.25, 0.3) is 11.1 Å². The molecule has 1 heterocycles. The highest BCUT2D eigenvalue weighted by atomic mass is 32.2. The van der Waals surface area contributed by atoms with Crippen LogP contribution in [-0.4, -0.2) is 45.9 Å². The van der Waals surface area contributed by atoms with Crippen LogP contribution in [0.2, 0.25) is 0 Å². The molecule has 1 aliphatic rings. The highest BCUT2D eigenvalue weighted by Crippen LogP contribution is 2.34. The molecule has 0 aromatic heterocycles. The largest absolute Gasteiger partial charge is 0.354 e. The molecular weight excluding hydrogens is 607 g/mol. The Morgan fingerprint density at radius 2 is 1.58 bits per heavy atom. The Labute approximate surface area is 265 Å². The zero-order valence-corrected chi connectivity index (χ0v) is 27.3. The molecule has 0 spiro atoms. The number of benzene rings is 4. The number of carbonyl (C=O) groups excluding carboxylic acids is 1. The predicted octanol–water partition coefficient (Wildman–Crippen LogP) is 5.03. The highest BCUT2D eigenvalue weighted by molar-refractivity contribution is 7.90. The van der Waals surface area contributed by atoms with Crippen molar-refractivity contribution in [2.24, 2.45) is 0 Å². The van der Waals surface area contributed by atoms with E-state index in [0.717, 1.165) is 34.1 Å². The lowest BCUT2D eigenvalue weighted by Gasteiger charge is -2.36. The smallest absolute Gasteiger partial charge is 0.244 e. The van der Waals surface area contributed by atoms with Crippen LogP contribution >= 0.6 is 0 Å². The van der Waals surface area contributed by atoms with E-state index in [2.05, 4.69) is 11.4 Å². The van der Waals surface area contributed by atoms with Crippen molar-refractivity contribution < 1.29 is 21.6 Å². The molecule has 1 N–H and O–H groups in total. The van der Waals surface area contributed by atoms with Crippen molar-refractivity contribution in [1.82, 2.24) is 9.62 Å². The van der Waals surface area contributed by atoms with E-state index < -0.39 is 31.8 Å². The first-order chi connectivity index (χ1) is 21.3. The maximum atomic E-state index is 14.3. The number of fused-ring (bicyclic) bond motifs is 1. The van der Waals surface area contributed by atoms with Crippen LogP contribution in [0.4, 0.5) is 0 Å². The van der Waals surface area contributed by atoms with E-state index >= 15 is 0 Å². The molecule has 1 amide bonds. The maximum Gasteiger partial charge on any atom is 0.244 e. The minimum absolute atomic E-state index is 0.0103. The normalized spacial score (nSPS) is 15.2. The Morgan fingerprint density at radius 1 is 0.889 bits per heavy atom. The third-order valence-electron chi connectivity index (χ3n) is 8.13. The fourth-order valence-corrected chi connectivity index (χ4v) is 8.70. The molecule has 0 saturated heterocycles. The quantitative estimate of drug-likeness (QED) is 0.288. The molecule has 232 valence electrons. The number of aryl methyl sites for hydroxylation is 3. The Bertz CT molecular complexity index is 2040. The van der Waals surface area contributed by atoms with E-state index in [-0.39, 0.29) is 29.3 Å². The summed E-state index contributed by atoms with van der Waals surface area (Å²) in [5.74, 6) is -0.410. The van der Waals surface area contributed by atoms with Crippen molar-refractivity contribution in [2.45, 2.75) is 56.0 Å². The molecule has 1 aliphatic heterocycles. The van der Waals surface area contributed by atoms with Crippen molar-refractivity contribution in [1.29, 1.82) is 5.26 Å². The van der Waals surface area contributed by atoms with Gasteiger partial charge >= 0.3 is 0 Å². The average Bonchev–Trinajstić information content (AvgIpc) is 2.99. The van der Waals surface area contributed by atoms with Crippen molar-refractivity contribution in [3.05, 3.63) is 118 Å². The van der Waals surface area contributed by atoms with Crippen LogP contribution in [-0.2, 0) is 44.0 Å². The molecule has 0 bridgehead atoms. The molecular formula is C35H35N3O5S2. The molecule has 5 rings (SSSR count). The van der Waals surface area contributed by atoms with Gasteiger partial charge in [0.05, 0.1) is 21.4 Å². The lowest BCUT2D eigenvalue weighted by molar-refractivity contribution is -0.125. The van der Waals surface area contributed by atoms with Crippen LogP contribution in [0.3, 0.4) is 0 Å². The van der Waals surface area contributed by atoms with Gasteiger partial charge in [-0.2, -0.15) is 9.57 Å². The molecule has 4 aromatic rings. The molecule has 8 nitrogen and oxygen atoms in total.